The Kier molecular flexibility index (Phi) is 5.35. The smallest absolute Gasteiger partial charge is 0.262 e. The van der Waals surface area contributed by atoms with E-state index in [1.54, 1.807) is 30.3 Å². The quantitative estimate of drug-likeness (QED) is 0.749. The van der Waals surface area contributed by atoms with E-state index in [4.69, 9.17) is 0 Å². The maximum Gasteiger partial charge on any atom is 0.262 e. The Bertz CT molecular complexity index is 1010. The minimum Gasteiger partial charge on any atom is -0.325 e. The molecular formula is C23H23N3O4. The van der Waals surface area contributed by atoms with Crippen LogP contribution < -0.4 is 10.2 Å². The number of unbranched alkanes of at least 4 members (excludes halogenated alkanes) is 1. The minimum atomic E-state index is -0.457. The van der Waals surface area contributed by atoms with E-state index in [0.717, 1.165) is 29.0 Å². The predicted octanol–water partition coefficient (Wildman–Crippen LogP) is 3.00. The topological polar surface area (TPSA) is 86.8 Å². The Morgan fingerprint density at radius 3 is 2.33 bits per heavy atom. The van der Waals surface area contributed by atoms with Crippen LogP contribution in [0.15, 0.2) is 42.5 Å². The van der Waals surface area contributed by atoms with Crippen LogP contribution in [0.2, 0.25) is 0 Å². The molecule has 2 aromatic carbocycles. The normalized spacial score (nSPS) is 15.3. The fourth-order valence-corrected chi connectivity index (χ4v) is 3.93. The summed E-state index contributed by atoms with van der Waals surface area (Å²) in [5, 5.41) is 2.77. The zero-order valence-electron chi connectivity index (χ0n) is 16.8. The van der Waals surface area contributed by atoms with Crippen molar-refractivity contribution in [3.63, 3.8) is 0 Å². The van der Waals surface area contributed by atoms with Gasteiger partial charge in [0.1, 0.15) is 6.54 Å². The number of nitrogens with one attached hydrogen (secondary N) is 1. The summed E-state index contributed by atoms with van der Waals surface area (Å²) in [6.07, 6.45) is 3.01. The lowest BCUT2D eigenvalue weighted by atomic mass is 10.00. The fraction of sp³-hybridized carbons (Fsp3) is 0.304. The van der Waals surface area contributed by atoms with Gasteiger partial charge in [-0.2, -0.15) is 0 Å². The van der Waals surface area contributed by atoms with E-state index in [2.05, 4.69) is 12.2 Å². The Hall–Kier alpha value is -3.48. The number of benzene rings is 2. The molecule has 4 rings (SSSR count). The van der Waals surface area contributed by atoms with Crippen LogP contribution in [0.25, 0.3) is 0 Å². The van der Waals surface area contributed by atoms with Crippen molar-refractivity contribution in [1.82, 2.24) is 4.90 Å². The third-order valence-electron chi connectivity index (χ3n) is 5.48. The molecule has 2 aliphatic heterocycles. The maximum atomic E-state index is 12.5. The molecular weight excluding hydrogens is 382 g/mol. The van der Waals surface area contributed by atoms with Crippen LogP contribution in [0.3, 0.4) is 0 Å². The summed E-state index contributed by atoms with van der Waals surface area (Å²) < 4.78 is 0. The van der Waals surface area contributed by atoms with Gasteiger partial charge in [0, 0.05) is 24.3 Å². The molecule has 4 amide bonds. The van der Waals surface area contributed by atoms with Crippen LogP contribution in [-0.4, -0.2) is 41.6 Å². The Morgan fingerprint density at radius 2 is 1.67 bits per heavy atom. The van der Waals surface area contributed by atoms with Gasteiger partial charge in [0.25, 0.3) is 11.8 Å². The Morgan fingerprint density at radius 1 is 0.967 bits per heavy atom. The summed E-state index contributed by atoms with van der Waals surface area (Å²) in [5.74, 6) is -1.24. The molecule has 1 N–H and O–H groups in total. The average Bonchev–Trinajstić information content (AvgIpc) is 2.98. The van der Waals surface area contributed by atoms with E-state index in [1.807, 2.05) is 17.0 Å². The van der Waals surface area contributed by atoms with Crippen molar-refractivity contribution >= 4 is 35.0 Å². The number of carbonyl (C=O) groups excluding carboxylic acids is 4. The molecule has 154 valence electrons. The number of anilines is 2. The number of imide groups is 1. The molecule has 7 heteroatoms. The summed E-state index contributed by atoms with van der Waals surface area (Å²) in [7, 11) is 0. The van der Waals surface area contributed by atoms with Gasteiger partial charge in [-0.25, -0.2) is 0 Å². The van der Waals surface area contributed by atoms with Crippen LogP contribution in [0.5, 0.6) is 0 Å². The summed E-state index contributed by atoms with van der Waals surface area (Å²) >= 11 is 0. The second-order valence-electron chi connectivity index (χ2n) is 7.53. The zero-order valence-corrected chi connectivity index (χ0v) is 16.8. The van der Waals surface area contributed by atoms with Crippen LogP contribution in [-0.2, 0) is 16.0 Å². The van der Waals surface area contributed by atoms with Gasteiger partial charge in [-0.15, -0.1) is 0 Å². The maximum absolute atomic E-state index is 12.5. The largest absolute Gasteiger partial charge is 0.325 e. The van der Waals surface area contributed by atoms with Crippen LogP contribution >= 0.6 is 0 Å². The second-order valence-corrected chi connectivity index (χ2v) is 7.53. The van der Waals surface area contributed by atoms with Crippen molar-refractivity contribution in [2.75, 3.05) is 23.3 Å². The molecule has 0 atom stereocenters. The lowest BCUT2D eigenvalue weighted by molar-refractivity contribution is -0.119. The van der Waals surface area contributed by atoms with Gasteiger partial charge >= 0.3 is 0 Å². The van der Waals surface area contributed by atoms with Gasteiger partial charge in [0.15, 0.2) is 0 Å². The first-order valence-electron chi connectivity index (χ1n) is 10.2. The van der Waals surface area contributed by atoms with E-state index in [9.17, 15) is 19.2 Å². The van der Waals surface area contributed by atoms with Crippen LogP contribution in [0, 0.1) is 0 Å². The number of aryl methyl sites for hydroxylation is 1. The molecule has 0 radical (unpaired) electrons. The summed E-state index contributed by atoms with van der Waals surface area (Å²) in [6, 6.07) is 12.0. The molecule has 2 heterocycles. The third kappa shape index (κ3) is 3.58. The number of rotatable bonds is 6. The highest BCUT2D eigenvalue weighted by Gasteiger charge is 2.36. The van der Waals surface area contributed by atoms with E-state index < -0.39 is 17.7 Å². The van der Waals surface area contributed by atoms with E-state index in [1.165, 1.54) is 0 Å². The van der Waals surface area contributed by atoms with Gasteiger partial charge in [0.2, 0.25) is 11.8 Å². The lowest BCUT2D eigenvalue weighted by Gasteiger charge is -2.30. The summed E-state index contributed by atoms with van der Waals surface area (Å²) in [4.78, 5) is 52.4. The Labute approximate surface area is 174 Å². The van der Waals surface area contributed by atoms with Crippen molar-refractivity contribution < 1.29 is 19.2 Å². The zero-order chi connectivity index (χ0) is 21.3. The first kappa shape index (κ1) is 19.8. The van der Waals surface area contributed by atoms with Crippen molar-refractivity contribution in [3.05, 3.63) is 59.2 Å². The van der Waals surface area contributed by atoms with Crippen LogP contribution in [0.1, 0.15) is 52.5 Å². The Balaban J connectivity index is 1.45. The lowest BCUT2D eigenvalue weighted by Crippen LogP contribution is -2.37. The minimum absolute atomic E-state index is 0.123. The summed E-state index contributed by atoms with van der Waals surface area (Å²) in [5.41, 5.74) is 3.12. The summed E-state index contributed by atoms with van der Waals surface area (Å²) in [6.45, 7) is 2.43. The highest BCUT2D eigenvalue weighted by Crippen LogP contribution is 2.31. The van der Waals surface area contributed by atoms with Gasteiger partial charge in [-0.1, -0.05) is 25.5 Å². The van der Waals surface area contributed by atoms with Gasteiger partial charge < -0.3 is 10.2 Å². The van der Waals surface area contributed by atoms with E-state index in [0.29, 0.717) is 36.2 Å². The highest BCUT2D eigenvalue weighted by atomic mass is 16.2. The average molecular weight is 405 g/mol. The van der Waals surface area contributed by atoms with Crippen molar-refractivity contribution in [1.29, 1.82) is 0 Å². The molecule has 0 bridgehead atoms. The molecule has 0 aromatic heterocycles. The number of hydrogen-bond acceptors (Lipinski definition) is 4. The van der Waals surface area contributed by atoms with Gasteiger partial charge in [0.05, 0.1) is 11.1 Å². The molecule has 7 nitrogen and oxygen atoms in total. The molecule has 0 spiro atoms. The number of hydrogen-bond donors (Lipinski definition) is 1. The number of fused-ring (bicyclic) bond motifs is 2. The van der Waals surface area contributed by atoms with E-state index >= 15 is 0 Å². The predicted molar refractivity (Wildman–Crippen MR) is 112 cm³/mol. The molecule has 0 aliphatic carbocycles. The van der Waals surface area contributed by atoms with Crippen LogP contribution in [0.4, 0.5) is 11.4 Å². The molecule has 2 aliphatic rings. The number of amides is 4. The first-order valence-corrected chi connectivity index (χ1v) is 10.2. The van der Waals surface area contributed by atoms with E-state index in [-0.39, 0.29) is 12.5 Å². The van der Waals surface area contributed by atoms with Gasteiger partial charge in [-0.05, 0) is 48.7 Å². The molecule has 2 aromatic rings. The second kappa shape index (κ2) is 8.10. The molecule has 0 saturated carbocycles. The monoisotopic (exact) mass is 405 g/mol. The molecule has 0 unspecified atom stereocenters. The highest BCUT2D eigenvalue weighted by molar-refractivity contribution is 6.22. The van der Waals surface area contributed by atoms with Gasteiger partial charge in [-0.3, -0.25) is 24.1 Å². The van der Waals surface area contributed by atoms with Crippen molar-refractivity contribution in [2.24, 2.45) is 0 Å². The fourth-order valence-electron chi connectivity index (χ4n) is 3.93. The number of carbonyl (C=O) groups is 4. The standard InChI is InChI=1S/C23H23N3O4/c1-2-3-12-25-19-10-9-16(13-15(19)8-11-21(25)28)24-20(27)14-26-22(29)17-6-4-5-7-18(17)23(26)30/h4-7,9-10,13H,2-3,8,11-12,14H2,1H3,(H,24,27). The first-order chi connectivity index (χ1) is 14.5. The third-order valence-corrected chi connectivity index (χ3v) is 5.48. The van der Waals surface area contributed by atoms with Crippen molar-refractivity contribution in [2.45, 2.75) is 32.6 Å². The molecule has 0 fully saturated rings. The van der Waals surface area contributed by atoms with Crippen molar-refractivity contribution in [3.8, 4) is 0 Å². The molecule has 0 saturated heterocycles. The number of nitrogens with zero attached hydrogens (tertiary/aromatic N) is 2. The SMILES string of the molecule is CCCCN1C(=O)CCc2cc(NC(=O)CN3C(=O)c4ccccc4C3=O)ccc21. The molecule has 30 heavy (non-hydrogen) atoms.